The summed E-state index contributed by atoms with van der Waals surface area (Å²) >= 11 is 0. The number of hydrogen-bond acceptors (Lipinski definition) is 6. The van der Waals surface area contributed by atoms with E-state index in [1.54, 1.807) is 0 Å². The molecule has 0 aliphatic rings. The van der Waals surface area contributed by atoms with E-state index in [1.165, 1.54) is 89.9 Å². The van der Waals surface area contributed by atoms with E-state index < -0.39 is 6.10 Å². The quantitative estimate of drug-likeness (QED) is 0.0199. The molecule has 0 saturated heterocycles. The molecule has 0 aliphatic carbocycles. The summed E-state index contributed by atoms with van der Waals surface area (Å²) in [6.45, 7) is 6.36. The van der Waals surface area contributed by atoms with Crippen LogP contribution in [-0.4, -0.2) is 37.2 Å². The van der Waals surface area contributed by atoms with Gasteiger partial charge in [0.05, 0.1) is 0 Å². The second kappa shape index (κ2) is 56.9. The molecule has 6 heteroatoms. The van der Waals surface area contributed by atoms with Gasteiger partial charge in [0.25, 0.3) is 0 Å². The predicted octanol–water partition coefficient (Wildman–Crippen LogP) is 18.8. The summed E-state index contributed by atoms with van der Waals surface area (Å²) < 4.78 is 16.7. The number of ether oxygens (including phenoxy) is 3. The third kappa shape index (κ3) is 54.2. The van der Waals surface area contributed by atoms with Crippen molar-refractivity contribution < 1.29 is 28.6 Å². The second-order valence-corrected chi connectivity index (χ2v) is 18.0. The van der Waals surface area contributed by atoms with E-state index >= 15 is 0 Å². The summed E-state index contributed by atoms with van der Waals surface area (Å²) in [5, 5.41) is 0. The van der Waals surface area contributed by atoms with Gasteiger partial charge in [-0.05, 0) is 96.3 Å². The third-order valence-corrected chi connectivity index (χ3v) is 11.3. The van der Waals surface area contributed by atoms with Gasteiger partial charge in [0.2, 0.25) is 0 Å². The van der Waals surface area contributed by atoms with Crippen LogP contribution in [-0.2, 0) is 28.6 Å². The molecule has 0 aromatic heterocycles. The van der Waals surface area contributed by atoms with Crippen LogP contribution in [0.15, 0.2) is 146 Å². The fourth-order valence-corrected chi connectivity index (χ4v) is 7.08. The van der Waals surface area contributed by atoms with Gasteiger partial charge in [0.15, 0.2) is 6.10 Å². The lowest BCUT2D eigenvalue weighted by Crippen LogP contribution is -2.30. The molecule has 0 saturated carbocycles. The molecular formula is C64H100O6. The zero-order chi connectivity index (χ0) is 50.7. The Morgan fingerprint density at radius 1 is 0.314 bits per heavy atom. The molecule has 0 amide bonds. The van der Waals surface area contributed by atoms with Crippen molar-refractivity contribution in [3.8, 4) is 0 Å². The summed E-state index contributed by atoms with van der Waals surface area (Å²) in [7, 11) is 0. The van der Waals surface area contributed by atoms with Gasteiger partial charge in [-0.25, -0.2) is 0 Å². The van der Waals surface area contributed by atoms with Gasteiger partial charge in [-0.15, -0.1) is 0 Å². The van der Waals surface area contributed by atoms with Crippen LogP contribution in [0.3, 0.4) is 0 Å². The summed E-state index contributed by atoms with van der Waals surface area (Å²) in [4.78, 5) is 38.1. The molecule has 392 valence electrons. The highest BCUT2D eigenvalue weighted by Gasteiger charge is 2.19. The number of carbonyl (C=O) groups is 3. The summed E-state index contributed by atoms with van der Waals surface area (Å²) in [5.74, 6) is -1.06. The van der Waals surface area contributed by atoms with Crippen molar-refractivity contribution >= 4 is 17.9 Å². The second-order valence-electron chi connectivity index (χ2n) is 18.0. The summed E-state index contributed by atoms with van der Waals surface area (Å²) in [6, 6.07) is 0. The third-order valence-electron chi connectivity index (χ3n) is 11.3. The predicted molar refractivity (Wildman–Crippen MR) is 302 cm³/mol. The van der Waals surface area contributed by atoms with Crippen LogP contribution in [0.2, 0.25) is 0 Å². The maximum Gasteiger partial charge on any atom is 0.306 e. The van der Waals surface area contributed by atoms with Crippen LogP contribution in [0.5, 0.6) is 0 Å². The van der Waals surface area contributed by atoms with Crippen LogP contribution in [0.25, 0.3) is 0 Å². The molecule has 1 unspecified atom stereocenters. The number of allylic oxidation sites excluding steroid dienone is 24. The minimum Gasteiger partial charge on any atom is -0.462 e. The number of unbranched alkanes of at least 4 members (excludes halogenated alkanes) is 20. The van der Waals surface area contributed by atoms with Crippen molar-refractivity contribution in [2.24, 2.45) is 0 Å². The Kier molecular flexibility index (Phi) is 53.0. The van der Waals surface area contributed by atoms with Crippen LogP contribution < -0.4 is 0 Å². The maximum atomic E-state index is 12.8. The van der Waals surface area contributed by atoms with Crippen LogP contribution in [0, 0.1) is 0 Å². The Balaban J connectivity index is 4.64. The van der Waals surface area contributed by atoms with E-state index in [2.05, 4.69) is 93.7 Å². The van der Waals surface area contributed by atoms with Crippen LogP contribution >= 0.6 is 0 Å². The minimum absolute atomic E-state index is 0.133. The molecule has 0 radical (unpaired) electrons. The van der Waals surface area contributed by atoms with Crippen molar-refractivity contribution in [1.29, 1.82) is 0 Å². The van der Waals surface area contributed by atoms with Gasteiger partial charge in [-0.3, -0.25) is 14.4 Å². The normalized spacial score (nSPS) is 13.2. The highest BCUT2D eigenvalue weighted by atomic mass is 16.6. The van der Waals surface area contributed by atoms with Crippen molar-refractivity contribution in [3.05, 3.63) is 146 Å². The maximum absolute atomic E-state index is 12.8. The number of carbonyl (C=O) groups excluding carboxylic acids is 3. The first kappa shape index (κ1) is 65.3. The summed E-state index contributed by atoms with van der Waals surface area (Å²) in [5.41, 5.74) is 0. The fourth-order valence-electron chi connectivity index (χ4n) is 7.08. The van der Waals surface area contributed by atoms with Gasteiger partial charge in [0.1, 0.15) is 13.2 Å². The standard InChI is InChI=1S/C64H100O6/c1-4-7-10-13-16-19-22-25-28-31-32-34-36-39-42-45-48-51-54-57-63(66)69-60-61(59-68-62(65)56-53-50-47-44-41-38-35-30-27-24-21-18-15-12-9-6-3)70-64(67)58-55-52-49-46-43-40-37-33-29-26-23-20-17-14-11-8-5-2/h7,10,13,16,19,22,25-26,28-32,34-42,46,49,61H,4-6,8-9,11-12,14-15,17-18,20-21,23-24,27,33,43-45,47-48,50-60H2,1-3H3/b10-7-,16-13-,22-19-,28-25-,29-26-,32-31+,35-30-,36-34-,40-37-,41-38-,42-39-,49-46-. The van der Waals surface area contributed by atoms with Crippen LogP contribution in [0.4, 0.5) is 0 Å². The topological polar surface area (TPSA) is 78.9 Å². The molecule has 0 fully saturated rings. The van der Waals surface area contributed by atoms with Crippen molar-refractivity contribution in [1.82, 2.24) is 0 Å². The summed E-state index contributed by atoms with van der Waals surface area (Å²) in [6.07, 6.45) is 81.2. The Bertz CT molecular complexity index is 1580. The first-order chi connectivity index (χ1) is 34.5. The van der Waals surface area contributed by atoms with Gasteiger partial charge < -0.3 is 14.2 Å². The number of esters is 3. The number of hydrogen-bond donors (Lipinski definition) is 0. The first-order valence-electron chi connectivity index (χ1n) is 28.0. The number of rotatable bonds is 48. The molecular weight excluding hydrogens is 865 g/mol. The van der Waals surface area contributed by atoms with Gasteiger partial charge >= 0.3 is 17.9 Å². The molecule has 0 bridgehead atoms. The molecule has 0 rings (SSSR count). The lowest BCUT2D eigenvalue weighted by Gasteiger charge is -2.18. The molecule has 0 aromatic carbocycles. The zero-order valence-corrected chi connectivity index (χ0v) is 44.7. The van der Waals surface area contributed by atoms with Gasteiger partial charge in [0, 0.05) is 19.3 Å². The smallest absolute Gasteiger partial charge is 0.306 e. The lowest BCUT2D eigenvalue weighted by atomic mass is 10.1. The molecule has 1 atom stereocenters. The zero-order valence-electron chi connectivity index (χ0n) is 44.7. The van der Waals surface area contributed by atoms with E-state index in [-0.39, 0.29) is 44.0 Å². The first-order valence-corrected chi connectivity index (χ1v) is 28.0. The average molecular weight is 965 g/mol. The molecule has 0 aromatic rings. The Morgan fingerprint density at radius 3 is 1.06 bits per heavy atom. The Labute approximate surface area is 429 Å². The van der Waals surface area contributed by atoms with Gasteiger partial charge in [-0.2, -0.15) is 0 Å². The van der Waals surface area contributed by atoms with E-state index in [1.807, 2.05) is 72.9 Å². The Hall–Kier alpha value is -4.71. The van der Waals surface area contributed by atoms with Crippen molar-refractivity contribution in [2.45, 2.75) is 226 Å². The molecule has 0 heterocycles. The molecule has 6 nitrogen and oxygen atoms in total. The van der Waals surface area contributed by atoms with E-state index in [0.29, 0.717) is 19.3 Å². The monoisotopic (exact) mass is 965 g/mol. The van der Waals surface area contributed by atoms with E-state index in [4.69, 9.17) is 14.2 Å². The van der Waals surface area contributed by atoms with Crippen LogP contribution in [0.1, 0.15) is 220 Å². The molecule has 0 aliphatic heterocycles. The Morgan fingerprint density at radius 2 is 0.629 bits per heavy atom. The van der Waals surface area contributed by atoms with E-state index in [9.17, 15) is 14.4 Å². The van der Waals surface area contributed by atoms with Crippen molar-refractivity contribution in [3.63, 3.8) is 0 Å². The van der Waals surface area contributed by atoms with Gasteiger partial charge in [-0.1, -0.05) is 250 Å². The fraction of sp³-hybridized carbons (Fsp3) is 0.578. The lowest BCUT2D eigenvalue weighted by molar-refractivity contribution is -0.167. The highest BCUT2D eigenvalue weighted by molar-refractivity contribution is 5.71. The van der Waals surface area contributed by atoms with Crippen molar-refractivity contribution in [2.75, 3.05) is 13.2 Å². The largest absolute Gasteiger partial charge is 0.462 e. The molecule has 70 heavy (non-hydrogen) atoms. The highest BCUT2D eigenvalue weighted by Crippen LogP contribution is 2.12. The minimum atomic E-state index is -0.841. The molecule has 0 N–H and O–H groups in total. The van der Waals surface area contributed by atoms with E-state index in [0.717, 1.165) is 77.0 Å². The average Bonchev–Trinajstić information content (AvgIpc) is 3.36. The molecule has 0 spiro atoms. The SMILES string of the molecule is CC\C=C/C=C\C=C/C=C\C=C\C=C/C=C\CCCCCC(=O)OCC(COC(=O)CCCCC/C=C\C=C/CCCCCCCCC)OC(=O)CCC/C=C\C/C=C\C/C=C\CCCCCCCC.